The molecule has 3 rings (SSSR count). The van der Waals surface area contributed by atoms with E-state index in [-0.39, 0.29) is 5.82 Å². The van der Waals surface area contributed by atoms with Gasteiger partial charge in [0, 0.05) is 16.9 Å². The molecular formula is C17H12Cl4N4O. The fourth-order valence-electron chi connectivity index (χ4n) is 2.22. The standard InChI is InChI=1S/C17H12Cl4N4O/c18-11-2-1-3-12(7-11)22-17(26)23-16-15(21)9-25(24-16)8-10-4-5-13(19)14(20)6-10/h1-7,9H,8H2,(H2,22,23,24,26). The first-order valence-corrected chi connectivity index (χ1v) is 8.92. The quantitative estimate of drug-likeness (QED) is 0.519. The molecule has 0 radical (unpaired) electrons. The Kier molecular flexibility index (Phi) is 5.94. The van der Waals surface area contributed by atoms with Gasteiger partial charge in [-0.1, -0.05) is 58.5 Å². The second-order valence-electron chi connectivity index (χ2n) is 5.36. The van der Waals surface area contributed by atoms with Crippen LogP contribution < -0.4 is 10.6 Å². The van der Waals surface area contributed by atoms with Crippen molar-refractivity contribution in [1.29, 1.82) is 0 Å². The highest BCUT2D eigenvalue weighted by Crippen LogP contribution is 2.24. The van der Waals surface area contributed by atoms with E-state index in [0.717, 1.165) is 5.56 Å². The van der Waals surface area contributed by atoms with Gasteiger partial charge in [0.05, 0.1) is 16.6 Å². The first-order valence-electron chi connectivity index (χ1n) is 7.41. The number of hydrogen-bond donors (Lipinski definition) is 2. The molecule has 134 valence electrons. The topological polar surface area (TPSA) is 59.0 Å². The molecule has 0 saturated heterocycles. The van der Waals surface area contributed by atoms with Gasteiger partial charge in [-0.3, -0.25) is 10.00 Å². The summed E-state index contributed by atoms with van der Waals surface area (Å²) in [5, 5.41) is 11.3. The number of nitrogens with zero attached hydrogens (tertiary/aromatic N) is 2. The Labute approximate surface area is 169 Å². The molecule has 0 aliphatic rings. The Balaban J connectivity index is 1.67. The molecule has 0 unspecified atom stereocenters. The van der Waals surface area contributed by atoms with Gasteiger partial charge in [0.1, 0.15) is 5.02 Å². The van der Waals surface area contributed by atoms with Gasteiger partial charge in [0.25, 0.3) is 0 Å². The molecule has 2 N–H and O–H groups in total. The summed E-state index contributed by atoms with van der Waals surface area (Å²) in [6, 6.07) is 11.6. The average molecular weight is 430 g/mol. The van der Waals surface area contributed by atoms with Crippen LogP contribution in [0.25, 0.3) is 0 Å². The van der Waals surface area contributed by atoms with E-state index in [1.54, 1.807) is 47.3 Å². The zero-order valence-electron chi connectivity index (χ0n) is 13.1. The lowest BCUT2D eigenvalue weighted by atomic mass is 10.2. The minimum atomic E-state index is -0.478. The van der Waals surface area contributed by atoms with Gasteiger partial charge >= 0.3 is 6.03 Å². The van der Waals surface area contributed by atoms with E-state index in [1.807, 2.05) is 6.07 Å². The number of anilines is 2. The zero-order chi connectivity index (χ0) is 18.7. The normalized spacial score (nSPS) is 10.6. The van der Waals surface area contributed by atoms with Gasteiger partial charge in [-0.25, -0.2) is 4.79 Å². The fraction of sp³-hybridized carbons (Fsp3) is 0.0588. The molecule has 0 aliphatic carbocycles. The van der Waals surface area contributed by atoms with Crippen LogP contribution >= 0.6 is 46.4 Å². The third-order valence-electron chi connectivity index (χ3n) is 3.36. The van der Waals surface area contributed by atoms with Crippen LogP contribution in [0.5, 0.6) is 0 Å². The van der Waals surface area contributed by atoms with Crippen molar-refractivity contribution in [2.24, 2.45) is 0 Å². The molecule has 0 spiro atoms. The minimum Gasteiger partial charge on any atom is -0.308 e. The highest BCUT2D eigenvalue weighted by atomic mass is 35.5. The van der Waals surface area contributed by atoms with Crippen molar-refractivity contribution in [3.05, 3.63) is 74.3 Å². The van der Waals surface area contributed by atoms with Gasteiger partial charge in [-0.15, -0.1) is 0 Å². The largest absolute Gasteiger partial charge is 0.324 e. The van der Waals surface area contributed by atoms with Crippen molar-refractivity contribution in [3.63, 3.8) is 0 Å². The first-order chi connectivity index (χ1) is 12.4. The van der Waals surface area contributed by atoms with Crippen molar-refractivity contribution >= 4 is 63.9 Å². The van der Waals surface area contributed by atoms with E-state index in [2.05, 4.69) is 15.7 Å². The minimum absolute atomic E-state index is 0.242. The van der Waals surface area contributed by atoms with Gasteiger partial charge in [0.15, 0.2) is 5.82 Å². The maximum absolute atomic E-state index is 12.1. The number of halogens is 4. The molecule has 3 aromatic rings. The predicted molar refractivity (Wildman–Crippen MR) is 107 cm³/mol. The van der Waals surface area contributed by atoms with E-state index >= 15 is 0 Å². The van der Waals surface area contributed by atoms with Crippen LogP contribution in [0.3, 0.4) is 0 Å². The van der Waals surface area contributed by atoms with Crippen LogP contribution in [0.4, 0.5) is 16.3 Å². The maximum atomic E-state index is 12.1. The maximum Gasteiger partial charge on any atom is 0.324 e. The van der Waals surface area contributed by atoms with Crippen LogP contribution in [0, 0.1) is 0 Å². The van der Waals surface area contributed by atoms with Crippen molar-refractivity contribution in [1.82, 2.24) is 9.78 Å². The highest BCUT2D eigenvalue weighted by Gasteiger charge is 2.11. The Hall–Kier alpha value is -1.92. The Morgan fingerprint density at radius 1 is 0.962 bits per heavy atom. The van der Waals surface area contributed by atoms with Crippen molar-refractivity contribution in [2.75, 3.05) is 10.6 Å². The molecule has 1 aromatic heterocycles. The lowest BCUT2D eigenvalue weighted by Crippen LogP contribution is -2.20. The Morgan fingerprint density at radius 2 is 1.77 bits per heavy atom. The van der Waals surface area contributed by atoms with Crippen molar-refractivity contribution in [3.8, 4) is 0 Å². The summed E-state index contributed by atoms with van der Waals surface area (Å²) in [6.07, 6.45) is 1.61. The molecular weight excluding hydrogens is 418 g/mol. The SMILES string of the molecule is O=C(Nc1cccc(Cl)c1)Nc1nn(Cc2ccc(Cl)c(Cl)c2)cc1Cl. The van der Waals surface area contributed by atoms with Gasteiger partial charge < -0.3 is 5.32 Å². The van der Waals surface area contributed by atoms with E-state index in [9.17, 15) is 4.79 Å². The lowest BCUT2D eigenvalue weighted by molar-refractivity contribution is 0.262. The van der Waals surface area contributed by atoms with Gasteiger partial charge in [-0.2, -0.15) is 5.10 Å². The number of hydrogen-bond acceptors (Lipinski definition) is 2. The summed E-state index contributed by atoms with van der Waals surface area (Å²) >= 11 is 24.0. The van der Waals surface area contributed by atoms with E-state index in [0.29, 0.717) is 32.3 Å². The van der Waals surface area contributed by atoms with Crippen LogP contribution in [0.2, 0.25) is 20.1 Å². The van der Waals surface area contributed by atoms with Crippen LogP contribution in [-0.2, 0) is 6.54 Å². The molecule has 26 heavy (non-hydrogen) atoms. The molecule has 9 heteroatoms. The number of urea groups is 1. The summed E-state index contributed by atoms with van der Waals surface area (Å²) in [5.74, 6) is 0.242. The summed E-state index contributed by atoms with van der Waals surface area (Å²) in [6.45, 7) is 0.425. The van der Waals surface area contributed by atoms with E-state index in [1.165, 1.54) is 0 Å². The Morgan fingerprint density at radius 3 is 2.50 bits per heavy atom. The molecule has 5 nitrogen and oxygen atoms in total. The molecule has 0 saturated carbocycles. The summed E-state index contributed by atoms with van der Waals surface area (Å²) in [7, 11) is 0. The summed E-state index contributed by atoms with van der Waals surface area (Å²) in [5.41, 5.74) is 1.45. The van der Waals surface area contributed by atoms with E-state index in [4.69, 9.17) is 46.4 Å². The van der Waals surface area contributed by atoms with E-state index < -0.39 is 6.03 Å². The monoisotopic (exact) mass is 428 g/mol. The number of rotatable bonds is 4. The zero-order valence-corrected chi connectivity index (χ0v) is 16.2. The average Bonchev–Trinajstić information content (AvgIpc) is 2.90. The summed E-state index contributed by atoms with van der Waals surface area (Å²) < 4.78 is 1.59. The second-order valence-corrected chi connectivity index (χ2v) is 7.02. The smallest absolute Gasteiger partial charge is 0.308 e. The number of amides is 2. The highest BCUT2D eigenvalue weighted by molar-refractivity contribution is 6.42. The van der Waals surface area contributed by atoms with Crippen molar-refractivity contribution in [2.45, 2.75) is 6.54 Å². The predicted octanol–water partition coefficient (Wildman–Crippen LogP) is 6.19. The molecule has 0 atom stereocenters. The number of carbonyl (C=O) groups is 1. The molecule has 1 heterocycles. The van der Waals surface area contributed by atoms with Gasteiger partial charge in [-0.05, 0) is 35.9 Å². The van der Waals surface area contributed by atoms with Gasteiger partial charge in [0.2, 0.25) is 0 Å². The number of nitrogens with one attached hydrogen (secondary N) is 2. The Bertz CT molecular complexity index is 958. The van der Waals surface area contributed by atoms with Crippen LogP contribution in [-0.4, -0.2) is 15.8 Å². The van der Waals surface area contributed by atoms with Crippen molar-refractivity contribution < 1.29 is 4.79 Å². The number of carbonyl (C=O) groups excluding carboxylic acids is 1. The lowest BCUT2D eigenvalue weighted by Gasteiger charge is -2.06. The second kappa shape index (κ2) is 8.18. The molecule has 0 fully saturated rings. The van der Waals surface area contributed by atoms with Crippen LogP contribution in [0.15, 0.2) is 48.7 Å². The number of aromatic nitrogens is 2. The molecule has 0 bridgehead atoms. The molecule has 2 aromatic carbocycles. The third kappa shape index (κ3) is 4.83. The summed E-state index contributed by atoms with van der Waals surface area (Å²) in [4.78, 5) is 12.1. The molecule has 2 amide bonds. The number of benzene rings is 2. The fourth-order valence-corrected chi connectivity index (χ4v) is 2.93. The third-order valence-corrected chi connectivity index (χ3v) is 4.61. The molecule has 0 aliphatic heterocycles. The first kappa shape index (κ1) is 18.9. The van der Waals surface area contributed by atoms with Crippen LogP contribution in [0.1, 0.15) is 5.56 Å².